The molecule has 126 valence electrons. The molecule has 2 fully saturated rings. The van der Waals surface area contributed by atoms with Gasteiger partial charge in [0.25, 0.3) is 5.91 Å². The molecule has 2 aliphatic rings. The Bertz CT molecular complexity index is 685. The van der Waals surface area contributed by atoms with Crippen LogP contribution in [0.15, 0.2) is 24.3 Å². The van der Waals surface area contributed by atoms with Gasteiger partial charge in [-0.2, -0.15) is 0 Å². The van der Waals surface area contributed by atoms with Crippen molar-refractivity contribution in [1.29, 1.82) is 0 Å². The zero-order chi connectivity index (χ0) is 16.4. The van der Waals surface area contributed by atoms with Gasteiger partial charge in [0, 0.05) is 31.8 Å². The Kier molecular flexibility index (Phi) is 4.59. The zero-order valence-electron chi connectivity index (χ0n) is 13.3. The summed E-state index contributed by atoms with van der Waals surface area (Å²) in [6.07, 6.45) is 2.67. The number of benzene rings is 1. The van der Waals surface area contributed by atoms with Crippen LogP contribution in [0.3, 0.4) is 0 Å². The minimum Gasteiger partial charge on any atom is -0.383 e. The number of anilines is 1. The maximum Gasteiger partial charge on any atom is 0.254 e. The van der Waals surface area contributed by atoms with Gasteiger partial charge in [0.15, 0.2) is 0 Å². The van der Waals surface area contributed by atoms with Gasteiger partial charge >= 0.3 is 0 Å². The lowest BCUT2D eigenvalue weighted by molar-refractivity contribution is 0.0680. The van der Waals surface area contributed by atoms with Gasteiger partial charge in [0.2, 0.25) is 10.0 Å². The zero-order valence-corrected chi connectivity index (χ0v) is 14.1. The van der Waals surface area contributed by atoms with Crippen molar-refractivity contribution in [2.45, 2.75) is 25.3 Å². The lowest BCUT2D eigenvalue weighted by Gasteiger charge is -2.23. The normalized spacial score (nSPS) is 19.8. The molecule has 1 aromatic carbocycles. The number of carbonyl (C=O) groups excluding carboxylic acids is 1. The van der Waals surface area contributed by atoms with Crippen LogP contribution in [0.25, 0.3) is 0 Å². The van der Waals surface area contributed by atoms with Gasteiger partial charge in [-0.05, 0) is 37.5 Å². The Morgan fingerprint density at radius 2 is 2.17 bits per heavy atom. The molecule has 1 aliphatic carbocycles. The van der Waals surface area contributed by atoms with Crippen LogP contribution in [0.2, 0.25) is 0 Å². The predicted octanol–water partition coefficient (Wildman–Crippen LogP) is 1.48. The van der Waals surface area contributed by atoms with Crippen LogP contribution in [0.5, 0.6) is 0 Å². The lowest BCUT2D eigenvalue weighted by atomic mass is 10.1. The maximum atomic E-state index is 12.8. The number of carbonyl (C=O) groups is 1. The van der Waals surface area contributed by atoms with E-state index >= 15 is 0 Å². The Labute approximate surface area is 137 Å². The van der Waals surface area contributed by atoms with Gasteiger partial charge < -0.3 is 9.64 Å². The fraction of sp³-hybridized carbons (Fsp3) is 0.562. The minimum absolute atomic E-state index is 0.0528. The smallest absolute Gasteiger partial charge is 0.254 e. The molecule has 0 bridgehead atoms. The molecular weight excluding hydrogens is 316 g/mol. The number of ether oxygens (including phenoxy) is 1. The summed E-state index contributed by atoms with van der Waals surface area (Å²) in [4.78, 5) is 14.6. The number of amides is 1. The number of nitrogens with zero attached hydrogens (tertiary/aromatic N) is 2. The van der Waals surface area contributed by atoms with E-state index in [1.807, 2.05) is 4.90 Å². The third-order valence-electron chi connectivity index (χ3n) is 4.27. The summed E-state index contributed by atoms with van der Waals surface area (Å²) < 4.78 is 30.6. The molecule has 1 amide bonds. The summed E-state index contributed by atoms with van der Waals surface area (Å²) in [5.74, 6) is 0.121. The number of hydrogen-bond donors (Lipinski definition) is 0. The lowest BCUT2D eigenvalue weighted by Crippen LogP contribution is -2.36. The van der Waals surface area contributed by atoms with Crippen molar-refractivity contribution in [3.63, 3.8) is 0 Å². The van der Waals surface area contributed by atoms with Gasteiger partial charge in [0.05, 0.1) is 18.0 Å². The first-order valence-electron chi connectivity index (χ1n) is 7.93. The predicted molar refractivity (Wildman–Crippen MR) is 88.1 cm³/mol. The fourth-order valence-electron chi connectivity index (χ4n) is 2.92. The summed E-state index contributed by atoms with van der Waals surface area (Å²) in [7, 11) is -1.61. The molecule has 0 spiro atoms. The van der Waals surface area contributed by atoms with Gasteiger partial charge in [-0.3, -0.25) is 9.10 Å². The SMILES string of the molecule is COCCN(C(=O)c1cccc(N2CCCS2(=O)=O)c1)C1CC1. The van der Waals surface area contributed by atoms with Crippen LogP contribution in [0, 0.1) is 0 Å². The molecule has 1 saturated heterocycles. The fourth-order valence-corrected chi connectivity index (χ4v) is 4.47. The van der Waals surface area contributed by atoms with Crippen molar-refractivity contribution in [3.05, 3.63) is 29.8 Å². The van der Waals surface area contributed by atoms with Crippen molar-refractivity contribution in [3.8, 4) is 0 Å². The number of rotatable bonds is 6. The molecule has 0 radical (unpaired) electrons. The van der Waals surface area contributed by atoms with Crippen molar-refractivity contribution >= 4 is 21.6 Å². The van der Waals surface area contributed by atoms with E-state index in [2.05, 4.69) is 0 Å². The van der Waals surface area contributed by atoms with E-state index in [1.165, 1.54) is 4.31 Å². The highest BCUT2D eigenvalue weighted by Crippen LogP contribution is 2.30. The second kappa shape index (κ2) is 6.49. The van der Waals surface area contributed by atoms with E-state index in [9.17, 15) is 13.2 Å². The quantitative estimate of drug-likeness (QED) is 0.788. The third kappa shape index (κ3) is 3.50. The van der Waals surface area contributed by atoms with E-state index in [0.717, 1.165) is 12.8 Å². The van der Waals surface area contributed by atoms with Crippen LogP contribution >= 0.6 is 0 Å². The molecule has 23 heavy (non-hydrogen) atoms. The Morgan fingerprint density at radius 3 is 2.78 bits per heavy atom. The molecule has 1 saturated carbocycles. The molecule has 1 heterocycles. The Hall–Kier alpha value is -1.60. The molecule has 3 rings (SSSR count). The standard InChI is InChI=1S/C16H22N2O4S/c1-22-10-9-17(14-6-7-14)16(19)13-4-2-5-15(12-13)18-8-3-11-23(18,20)21/h2,4-5,12,14H,3,6-11H2,1H3. The highest BCUT2D eigenvalue weighted by Gasteiger charge is 2.33. The first kappa shape index (κ1) is 16.3. The van der Waals surface area contributed by atoms with Crippen LogP contribution in [-0.4, -0.2) is 57.8 Å². The van der Waals surface area contributed by atoms with Crippen molar-refractivity contribution in [1.82, 2.24) is 4.90 Å². The second-order valence-electron chi connectivity index (χ2n) is 6.01. The van der Waals surface area contributed by atoms with Crippen LogP contribution in [-0.2, 0) is 14.8 Å². The summed E-state index contributed by atoms with van der Waals surface area (Å²) in [6, 6.07) is 7.22. The van der Waals surface area contributed by atoms with Gasteiger partial charge in [-0.25, -0.2) is 8.42 Å². The minimum atomic E-state index is -3.23. The molecule has 6 nitrogen and oxygen atoms in total. The molecule has 7 heteroatoms. The second-order valence-corrected chi connectivity index (χ2v) is 8.03. The number of sulfonamides is 1. The average molecular weight is 338 g/mol. The van der Waals surface area contributed by atoms with E-state index in [0.29, 0.717) is 37.4 Å². The molecule has 0 unspecified atom stereocenters. The molecule has 0 N–H and O–H groups in total. The largest absolute Gasteiger partial charge is 0.383 e. The number of hydrogen-bond acceptors (Lipinski definition) is 4. The molecular formula is C16H22N2O4S. The summed E-state index contributed by atoms with van der Waals surface area (Å²) in [6.45, 7) is 1.55. The van der Waals surface area contributed by atoms with Crippen LogP contribution in [0.1, 0.15) is 29.6 Å². The van der Waals surface area contributed by atoms with Crippen molar-refractivity contribution < 1.29 is 17.9 Å². The van der Waals surface area contributed by atoms with Gasteiger partial charge in [-0.1, -0.05) is 6.07 Å². The molecule has 0 aromatic heterocycles. The Balaban J connectivity index is 1.82. The number of methoxy groups -OCH3 is 1. The van der Waals surface area contributed by atoms with E-state index in [4.69, 9.17) is 4.74 Å². The first-order chi connectivity index (χ1) is 11.0. The summed E-state index contributed by atoms with van der Waals surface area (Å²) >= 11 is 0. The van der Waals surface area contributed by atoms with Crippen LogP contribution < -0.4 is 4.31 Å². The maximum absolute atomic E-state index is 12.8. The Morgan fingerprint density at radius 1 is 1.39 bits per heavy atom. The van der Waals surface area contributed by atoms with Gasteiger partial charge in [-0.15, -0.1) is 0 Å². The van der Waals surface area contributed by atoms with Crippen molar-refractivity contribution in [2.75, 3.05) is 36.9 Å². The highest BCUT2D eigenvalue weighted by atomic mass is 32.2. The third-order valence-corrected chi connectivity index (χ3v) is 6.13. The van der Waals surface area contributed by atoms with E-state index in [-0.39, 0.29) is 17.7 Å². The molecule has 1 aliphatic heterocycles. The topological polar surface area (TPSA) is 66.9 Å². The van der Waals surface area contributed by atoms with Crippen LogP contribution in [0.4, 0.5) is 5.69 Å². The molecule has 0 atom stereocenters. The first-order valence-corrected chi connectivity index (χ1v) is 9.54. The summed E-state index contributed by atoms with van der Waals surface area (Å²) in [5, 5.41) is 0. The van der Waals surface area contributed by atoms with Crippen molar-refractivity contribution in [2.24, 2.45) is 0 Å². The summed E-state index contributed by atoms with van der Waals surface area (Å²) in [5.41, 5.74) is 1.11. The molecule has 1 aromatic rings. The average Bonchev–Trinajstić information content (AvgIpc) is 3.30. The van der Waals surface area contributed by atoms with Gasteiger partial charge in [0.1, 0.15) is 0 Å². The van der Waals surface area contributed by atoms with E-state index < -0.39 is 10.0 Å². The van der Waals surface area contributed by atoms with E-state index in [1.54, 1.807) is 31.4 Å². The highest BCUT2D eigenvalue weighted by molar-refractivity contribution is 7.93. The monoisotopic (exact) mass is 338 g/mol.